The number of nitrogens with zero attached hydrogens (tertiary/aromatic N) is 1. The number of amides is 1. The van der Waals surface area contributed by atoms with Crippen molar-refractivity contribution in [3.8, 4) is 5.69 Å². The molecule has 0 aliphatic heterocycles. The van der Waals surface area contributed by atoms with Gasteiger partial charge in [0.1, 0.15) is 6.54 Å². The first kappa shape index (κ1) is 16.1. The van der Waals surface area contributed by atoms with Crippen LogP contribution in [-0.2, 0) is 0 Å². The topological polar surface area (TPSA) is 34.0 Å². The van der Waals surface area contributed by atoms with E-state index < -0.39 is 18.6 Å². The highest BCUT2D eigenvalue weighted by atomic mass is 19.4. The molecule has 2 rings (SSSR count). The molecule has 118 valence electrons. The van der Waals surface area contributed by atoms with Crippen molar-refractivity contribution in [1.29, 1.82) is 0 Å². The van der Waals surface area contributed by atoms with Crippen molar-refractivity contribution >= 4 is 5.91 Å². The number of aromatic nitrogens is 1. The average Bonchev–Trinajstić information content (AvgIpc) is 2.70. The monoisotopic (exact) mass is 310 g/mol. The zero-order valence-corrected chi connectivity index (χ0v) is 12.6. The number of halogens is 3. The van der Waals surface area contributed by atoms with Gasteiger partial charge in [0.2, 0.25) is 0 Å². The number of aryl methyl sites for hydroxylation is 2. The van der Waals surface area contributed by atoms with Crippen molar-refractivity contribution in [1.82, 2.24) is 9.88 Å². The third kappa shape index (κ3) is 3.50. The molecular weight excluding hydrogens is 293 g/mol. The van der Waals surface area contributed by atoms with Gasteiger partial charge in [-0.3, -0.25) is 4.79 Å². The van der Waals surface area contributed by atoms with Crippen molar-refractivity contribution in [2.75, 3.05) is 6.54 Å². The molecule has 0 saturated heterocycles. The van der Waals surface area contributed by atoms with E-state index in [0.29, 0.717) is 5.69 Å². The highest BCUT2D eigenvalue weighted by Gasteiger charge is 2.28. The number of nitrogens with one attached hydrogen (secondary N) is 1. The predicted octanol–water partition coefficient (Wildman–Crippen LogP) is 3.69. The summed E-state index contributed by atoms with van der Waals surface area (Å²) >= 11 is 0. The molecule has 22 heavy (non-hydrogen) atoms. The second kappa shape index (κ2) is 5.87. The lowest BCUT2D eigenvalue weighted by Crippen LogP contribution is -2.33. The summed E-state index contributed by atoms with van der Waals surface area (Å²) in [6.07, 6.45) is -4.42. The molecule has 0 fully saturated rings. The van der Waals surface area contributed by atoms with Gasteiger partial charge in [-0.05, 0) is 44.5 Å². The minimum Gasteiger partial charge on any atom is -0.343 e. The van der Waals surface area contributed by atoms with Crippen molar-refractivity contribution in [3.05, 3.63) is 52.8 Å². The molecular formula is C16H17F3N2O. The Labute approximate surface area is 126 Å². The van der Waals surface area contributed by atoms with Gasteiger partial charge in [0.25, 0.3) is 5.91 Å². The minimum absolute atomic E-state index is 0.253. The zero-order valence-electron chi connectivity index (χ0n) is 12.6. The van der Waals surface area contributed by atoms with Gasteiger partial charge in [-0.2, -0.15) is 13.2 Å². The number of carbonyl (C=O) groups is 1. The van der Waals surface area contributed by atoms with E-state index in [1.165, 1.54) is 0 Å². The van der Waals surface area contributed by atoms with Gasteiger partial charge < -0.3 is 9.88 Å². The third-order valence-corrected chi connectivity index (χ3v) is 3.39. The van der Waals surface area contributed by atoms with E-state index in [-0.39, 0.29) is 5.56 Å². The fourth-order valence-electron chi connectivity index (χ4n) is 2.43. The van der Waals surface area contributed by atoms with Crippen LogP contribution in [0, 0.1) is 20.8 Å². The molecule has 3 nitrogen and oxygen atoms in total. The molecule has 0 spiro atoms. The van der Waals surface area contributed by atoms with Crippen LogP contribution in [0.5, 0.6) is 0 Å². The second-order valence-corrected chi connectivity index (χ2v) is 5.26. The van der Waals surface area contributed by atoms with Gasteiger partial charge in [-0.1, -0.05) is 12.1 Å². The molecule has 0 unspecified atom stereocenters. The Morgan fingerprint density at radius 2 is 1.86 bits per heavy atom. The maximum Gasteiger partial charge on any atom is 0.405 e. The van der Waals surface area contributed by atoms with Crippen molar-refractivity contribution in [2.24, 2.45) is 0 Å². The lowest BCUT2D eigenvalue weighted by Gasteiger charge is -2.11. The highest BCUT2D eigenvalue weighted by Crippen LogP contribution is 2.22. The second-order valence-electron chi connectivity index (χ2n) is 5.26. The van der Waals surface area contributed by atoms with Crippen molar-refractivity contribution < 1.29 is 18.0 Å². The summed E-state index contributed by atoms with van der Waals surface area (Å²) in [6, 6.07) is 9.30. The highest BCUT2D eigenvalue weighted by molar-refractivity contribution is 5.95. The fraction of sp³-hybridized carbons (Fsp3) is 0.312. The Balaban J connectivity index is 2.33. The summed E-state index contributed by atoms with van der Waals surface area (Å²) in [5, 5.41) is 1.91. The summed E-state index contributed by atoms with van der Waals surface area (Å²) in [4.78, 5) is 12.0. The van der Waals surface area contributed by atoms with E-state index in [4.69, 9.17) is 0 Å². The van der Waals surface area contributed by atoms with Crippen LogP contribution in [0.15, 0.2) is 30.3 Å². The molecule has 1 N–H and O–H groups in total. The van der Waals surface area contributed by atoms with Gasteiger partial charge in [0, 0.05) is 17.1 Å². The van der Waals surface area contributed by atoms with E-state index in [1.54, 1.807) is 13.0 Å². The molecule has 1 amide bonds. The van der Waals surface area contributed by atoms with Gasteiger partial charge in [0.05, 0.1) is 5.56 Å². The summed E-state index contributed by atoms with van der Waals surface area (Å²) in [7, 11) is 0. The summed E-state index contributed by atoms with van der Waals surface area (Å²) in [5.74, 6) is -0.718. The van der Waals surface area contributed by atoms with Gasteiger partial charge in [-0.15, -0.1) is 0 Å². The van der Waals surface area contributed by atoms with E-state index in [9.17, 15) is 18.0 Å². The summed E-state index contributed by atoms with van der Waals surface area (Å²) < 4.78 is 38.5. The minimum atomic E-state index is -4.42. The number of alkyl halides is 3. The smallest absolute Gasteiger partial charge is 0.343 e. The first-order valence-corrected chi connectivity index (χ1v) is 6.80. The Morgan fingerprint density at radius 3 is 2.45 bits per heavy atom. The molecule has 0 radical (unpaired) electrons. The quantitative estimate of drug-likeness (QED) is 0.921. The van der Waals surface area contributed by atoms with Gasteiger partial charge in [-0.25, -0.2) is 0 Å². The molecule has 1 heterocycles. The molecule has 0 saturated carbocycles. The average molecular weight is 310 g/mol. The molecule has 6 heteroatoms. The maximum atomic E-state index is 12.2. The largest absolute Gasteiger partial charge is 0.405 e. The number of carbonyl (C=O) groups excluding carboxylic acids is 1. The molecule has 1 aromatic heterocycles. The summed E-state index contributed by atoms with van der Waals surface area (Å²) in [5.41, 5.74) is 3.60. The van der Waals surface area contributed by atoms with Crippen LogP contribution in [-0.4, -0.2) is 23.2 Å². The van der Waals surface area contributed by atoms with E-state index in [2.05, 4.69) is 0 Å². The van der Waals surface area contributed by atoms with Crippen LogP contribution < -0.4 is 5.32 Å². The van der Waals surface area contributed by atoms with Crippen LogP contribution in [0.1, 0.15) is 27.3 Å². The molecule has 1 aromatic carbocycles. The first-order valence-electron chi connectivity index (χ1n) is 6.80. The lowest BCUT2D eigenvalue weighted by molar-refractivity contribution is -0.123. The molecule has 0 aliphatic rings. The Hall–Kier alpha value is -2.24. The SMILES string of the molecule is Cc1cccc(-n2c(C)cc(C(=O)NCC(F)(F)F)c2C)c1. The van der Waals surface area contributed by atoms with Crippen LogP contribution in [0.25, 0.3) is 5.69 Å². The fourth-order valence-corrected chi connectivity index (χ4v) is 2.43. The molecule has 0 atom stereocenters. The Bertz CT molecular complexity index is 702. The zero-order chi connectivity index (χ0) is 16.5. The molecule has 2 aromatic rings. The van der Waals surface area contributed by atoms with Crippen LogP contribution >= 0.6 is 0 Å². The van der Waals surface area contributed by atoms with Gasteiger partial charge >= 0.3 is 6.18 Å². The predicted molar refractivity (Wildman–Crippen MR) is 78.4 cm³/mol. The third-order valence-electron chi connectivity index (χ3n) is 3.39. The standard InChI is InChI=1S/C16H17F3N2O/c1-10-5-4-6-13(7-10)21-11(2)8-14(12(21)3)15(22)20-9-16(17,18)19/h4-8H,9H2,1-3H3,(H,20,22). The number of rotatable bonds is 3. The Kier molecular flexibility index (Phi) is 4.30. The number of hydrogen-bond acceptors (Lipinski definition) is 1. The van der Waals surface area contributed by atoms with Crippen LogP contribution in [0.3, 0.4) is 0 Å². The Morgan fingerprint density at radius 1 is 1.18 bits per heavy atom. The van der Waals surface area contributed by atoms with E-state index in [1.807, 2.05) is 48.0 Å². The molecule has 0 bridgehead atoms. The number of benzene rings is 1. The normalized spacial score (nSPS) is 11.5. The van der Waals surface area contributed by atoms with Crippen molar-refractivity contribution in [2.45, 2.75) is 26.9 Å². The van der Waals surface area contributed by atoms with Gasteiger partial charge in [0.15, 0.2) is 0 Å². The lowest BCUT2D eigenvalue weighted by atomic mass is 10.2. The maximum absolute atomic E-state index is 12.2. The van der Waals surface area contributed by atoms with E-state index in [0.717, 1.165) is 16.9 Å². The van der Waals surface area contributed by atoms with E-state index >= 15 is 0 Å². The van der Waals surface area contributed by atoms with Crippen LogP contribution in [0.2, 0.25) is 0 Å². The summed E-state index contributed by atoms with van der Waals surface area (Å²) in [6.45, 7) is 4.16. The number of hydrogen-bond donors (Lipinski definition) is 1. The first-order chi connectivity index (χ1) is 10.2. The van der Waals surface area contributed by atoms with Crippen molar-refractivity contribution in [3.63, 3.8) is 0 Å². The molecule has 0 aliphatic carbocycles. The van der Waals surface area contributed by atoms with Crippen LogP contribution in [0.4, 0.5) is 13.2 Å².